The molecule has 450 valence electrons. The smallest absolute Gasteiger partial charge is 0.399 e. The molecule has 0 unspecified atom stereocenters. The van der Waals surface area contributed by atoms with E-state index in [0.717, 1.165) is 76.7 Å². The van der Waals surface area contributed by atoms with Gasteiger partial charge in [0.1, 0.15) is 0 Å². The van der Waals surface area contributed by atoms with Gasteiger partial charge in [0.25, 0.3) is 0 Å². The molecule has 4 aromatic heterocycles. The minimum Gasteiger partial charge on any atom is -0.399 e. The van der Waals surface area contributed by atoms with Crippen LogP contribution in [0.25, 0.3) is 89.7 Å². The van der Waals surface area contributed by atoms with Crippen molar-refractivity contribution in [2.24, 2.45) is 0 Å². The largest absolute Gasteiger partial charge is 0.494 e. The number of hydrogen-bond donors (Lipinski definition) is 0. The quantitative estimate of drug-likeness (QED) is 0.134. The van der Waals surface area contributed by atoms with Crippen molar-refractivity contribution in [2.75, 3.05) is 0 Å². The van der Waals surface area contributed by atoms with E-state index in [-0.39, 0.29) is 41.9 Å². The highest BCUT2D eigenvalue weighted by molar-refractivity contribution is 6.66. The van der Waals surface area contributed by atoms with Crippen molar-refractivity contribution in [3.63, 3.8) is 0 Å². The molecule has 0 radical (unpaired) electrons. The van der Waals surface area contributed by atoms with E-state index in [2.05, 4.69) is 170 Å². The van der Waals surface area contributed by atoms with Crippen molar-refractivity contribution >= 4 is 93.0 Å². The predicted octanol–water partition coefficient (Wildman–Crippen LogP) is 14.2. The Balaban J connectivity index is 0.000000130. The highest BCUT2D eigenvalue weighted by Gasteiger charge is 2.54. The number of fused-ring (bicyclic) bond motifs is 6. The molecule has 0 saturated carbocycles. The van der Waals surface area contributed by atoms with Crippen LogP contribution in [0.4, 0.5) is 0 Å². The Hall–Kier alpha value is -8.38. The van der Waals surface area contributed by atoms with Gasteiger partial charge in [-0.25, -0.2) is 4.98 Å². The molecule has 3 aliphatic heterocycles. The molecular weight excluding hydrogens is 1140 g/mol. The minimum atomic E-state index is -0.475. The summed E-state index contributed by atoms with van der Waals surface area (Å²) in [5.41, 5.74) is 7.52. The molecule has 0 spiro atoms. The molecule has 0 atom stereocenters. The Morgan fingerprint density at radius 3 is 0.933 bits per heavy atom. The lowest BCUT2D eigenvalue weighted by atomic mass is 9.72. The third-order valence-electron chi connectivity index (χ3n) is 18.5. The number of rotatable bonds is 8. The monoisotopic (exact) mass is 1210 g/mol. The van der Waals surface area contributed by atoms with E-state index in [1.165, 1.54) is 0 Å². The molecule has 3 aliphatic rings. The number of halogens is 1. The number of benzene rings is 8. The van der Waals surface area contributed by atoms with Crippen molar-refractivity contribution in [1.82, 2.24) is 39.0 Å². The summed E-state index contributed by atoms with van der Waals surface area (Å²) >= 11 is 6.24. The van der Waals surface area contributed by atoms with Crippen LogP contribution in [0.2, 0.25) is 5.28 Å². The van der Waals surface area contributed by atoms with Gasteiger partial charge in [0.15, 0.2) is 17.5 Å². The fraction of sp³-hybridized carbons (Fsp3) is 0.250. The molecule has 14 nitrogen and oxygen atoms in total. The second kappa shape index (κ2) is 23.1. The van der Waals surface area contributed by atoms with Gasteiger partial charge in [-0.05, 0) is 135 Å². The zero-order valence-corrected chi connectivity index (χ0v) is 53.5. The summed E-state index contributed by atoms with van der Waals surface area (Å²) in [6.45, 7) is 24.7. The molecule has 0 bridgehead atoms. The SMILES string of the molecule is CC1(C)OB(c2cccc(-c3nc(-c4ccccc4)nc(-n4c5ccccc5c5ccccc54)n3)c2)OC1(C)C.CC1(C)OB(c2cccc(B3OC(C)(C)C(C)(C)O3)c2)OC1(C)C.Clc1nc(-c2ccccc2)nc(-n2c3ccccc3c3ccccc32)n1. The summed E-state index contributed by atoms with van der Waals surface area (Å²) in [5, 5.41) is 4.80. The maximum Gasteiger partial charge on any atom is 0.494 e. The van der Waals surface area contributed by atoms with Crippen molar-refractivity contribution in [3.8, 4) is 46.1 Å². The van der Waals surface area contributed by atoms with Gasteiger partial charge < -0.3 is 27.9 Å². The van der Waals surface area contributed by atoms with Gasteiger partial charge in [-0.2, -0.15) is 24.9 Å². The van der Waals surface area contributed by atoms with Crippen molar-refractivity contribution in [2.45, 2.75) is 117 Å². The summed E-state index contributed by atoms with van der Waals surface area (Å²) in [4.78, 5) is 28.4. The summed E-state index contributed by atoms with van der Waals surface area (Å²) in [5.74, 6) is 2.85. The highest BCUT2D eigenvalue weighted by atomic mass is 35.5. The van der Waals surface area contributed by atoms with E-state index >= 15 is 0 Å². The third kappa shape index (κ3) is 11.3. The number of hydrogen-bond acceptors (Lipinski definition) is 12. The summed E-state index contributed by atoms with van der Waals surface area (Å²) in [6, 6.07) is 69.2. The third-order valence-corrected chi connectivity index (χ3v) is 18.6. The van der Waals surface area contributed by atoms with Crippen LogP contribution in [0.3, 0.4) is 0 Å². The second-order valence-corrected chi connectivity index (χ2v) is 26.4. The van der Waals surface area contributed by atoms with Crippen molar-refractivity contribution < 1.29 is 27.9 Å². The average Bonchev–Trinajstić information content (AvgIpc) is 1.73. The van der Waals surface area contributed by atoms with Crippen LogP contribution in [0, 0.1) is 0 Å². The van der Waals surface area contributed by atoms with Crippen LogP contribution < -0.4 is 16.4 Å². The normalized spacial score (nSPS) is 17.6. The lowest BCUT2D eigenvalue weighted by Gasteiger charge is -2.32. The number of nitrogens with zero attached hydrogens (tertiary/aromatic N) is 8. The van der Waals surface area contributed by atoms with Crippen LogP contribution >= 0.6 is 11.6 Å². The number of aromatic nitrogens is 8. The lowest BCUT2D eigenvalue weighted by molar-refractivity contribution is 0.00578. The Morgan fingerprint density at radius 1 is 0.289 bits per heavy atom. The Labute approximate surface area is 531 Å². The van der Waals surface area contributed by atoms with Crippen LogP contribution in [-0.2, 0) is 27.9 Å². The predicted molar refractivity (Wildman–Crippen MR) is 363 cm³/mol. The van der Waals surface area contributed by atoms with E-state index < -0.39 is 18.3 Å². The zero-order valence-electron chi connectivity index (χ0n) is 52.8. The Morgan fingerprint density at radius 2 is 0.567 bits per heavy atom. The van der Waals surface area contributed by atoms with E-state index in [1.807, 2.05) is 138 Å². The summed E-state index contributed by atoms with van der Waals surface area (Å²) in [6.07, 6.45) is 0. The standard InChI is InChI=1S/C33H29BN4O2.C21H13ClN4.C18H28B2O4/c1-32(2)33(3,4)40-34(39-32)24-16-12-15-23(21-24)30-35-29(22-13-6-5-7-14-22)36-31(37-30)38-27-19-10-8-17-25(27)26-18-9-11-20-28(26)38;22-20-23-19(14-8-2-1-3-9-14)24-21(25-20)26-17-12-6-4-10-15(17)16-11-5-7-13-18(16)26;1-15(2)16(3,4)22-19(21-15)13-10-9-11-14(12-13)20-23-17(5,6)18(7,8)24-20/h5-21H,1-4H3;1-13H;9-12H,1-8H3. The molecule has 15 rings (SSSR count). The molecular formula is C72H70B3ClN8O6. The molecule has 8 aromatic carbocycles. The van der Waals surface area contributed by atoms with Gasteiger partial charge in [-0.3, -0.25) is 9.13 Å². The summed E-state index contributed by atoms with van der Waals surface area (Å²) < 4.78 is 41.4. The van der Waals surface area contributed by atoms with Gasteiger partial charge in [0, 0.05) is 38.2 Å². The first kappa shape index (κ1) is 60.5. The zero-order chi connectivity index (χ0) is 63.0. The van der Waals surface area contributed by atoms with Crippen LogP contribution in [-0.4, -0.2) is 94.0 Å². The lowest BCUT2D eigenvalue weighted by Crippen LogP contribution is -2.41. The second-order valence-electron chi connectivity index (χ2n) is 26.0. The fourth-order valence-electron chi connectivity index (χ4n) is 11.4. The van der Waals surface area contributed by atoms with Crippen molar-refractivity contribution in [3.05, 3.63) is 212 Å². The van der Waals surface area contributed by atoms with E-state index in [9.17, 15) is 0 Å². The minimum absolute atomic E-state index is 0.177. The molecule has 0 N–H and O–H groups in total. The van der Waals surface area contributed by atoms with E-state index in [0.29, 0.717) is 29.4 Å². The molecule has 0 aliphatic carbocycles. The van der Waals surface area contributed by atoms with Crippen LogP contribution in [0.5, 0.6) is 0 Å². The number of para-hydroxylation sites is 4. The van der Waals surface area contributed by atoms with Gasteiger partial charge in [-0.1, -0.05) is 182 Å². The van der Waals surface area contributed by atoms with Crippen molar-refractivity contribution in [1.29, 1.82) is 0 Å². The Bertz CT molecular complexity index is 4450. The first-order chi connectivity index (χ1) is 43.0. The summed E-state index contributed by atoms with van der Waals surface area (Å²) in [7, 11) is -1.23. The molecule has 3 saturated heterocycles. The Kier molecular flexibility index (Phi) is 15.6. The van der Waals surface area contributed by atoms with Gasteiger partial charge in [0.05, 0.1) is 55.7 Å². The highest BCUT2D eigenvalue weighted by Crippen LogP contribution is 2.40. The average molecular weight is 1210 g/mol. The van der Waals surface area contributed by atoms with Gasteiger partial charge in [-0.15, -0.1) is 0 Å². The van der Waals surface area contributed by atoms with Gasteiger partial charge >= 0.3 is 21.4 Å². The molecule has 3 fully saturated rings. The van der Waals surface area contributed by atoms with E-state index in [4.69, 9.17) is 59.5 Å². The maximum absolute atomic E-state index is 6.33. The van der Waals surface area contributed by atoms with Crippen LogP contribution in [0.1, 0.15) is 83.1 Å². The van der Waals surface area contributed by atoms with Gasteiger partial charge in [0.2, 0.25) is 17.2 Å². The first-order valence-electron chi connectivity index (χ1n) is 30.5. The topological polar surface area (TPSA) is 143 Å². The van der Waals surface area contributed by atoms with E-state index in [1.54, 1.807) is 0 Å². The molecule has 18 heteroatoms. The molecule has 7 heterocycles. The molecule has 0 amide bonds. The first-order valence-corrected chi connectivity index (χ1v) is 30.9. The maximum atomic E-state index is 6.33. The molecule has 12 aromatic rings. The van der Waals surface area contributed by atoms with Crippen LogP contribution in [0.15, 0.2) is 206 Å². The molecule has 90 heavy (non-hydrogen) atoms. The fourth-order valence-corrected chi connectivity index (χ4v) is 11.5.